The molecule has 2 N–H and O–H groups in total. The lowest BCUT2D eigenvalue weighted by atomic mass is 9.98. The topological polar surface area (TPSA) is 114 Å². The lowest BCUT2D eigenvalue weighted by Gasteiger charge is -2.20. The molecule has 2 aromatic carbocycles. The standard InChI is InChI=1S/C26H26N4O5/c31-24(29(15-25(32)33)12-17-9-10-17)14-30-13-18(11-27-30)28-26(34)35-16-23-21-7-3-1-5-19(21)20-6-2-4-8-22(20)23/h1-8,11,13,17,23H,9-10,12,14-16H2,(H,28,34)(H,32,33). The molecule has 35 heavy (non-hydrogen) atoms. The molecule has 9 nitrogen and oxygen atoms in total. The maximum absolute atomic E-state index is 12.6. The van der Waals surface area contributed by atoms with Crippen LogP contribution in [0.25, 0.3) is 11.1 Å². The predicted octanol–water partition coefficient (Wildman–Crippen LogP) is 3.57. The van der Waals surface area contributed by atoms with Gasteiger partial charge in [0, 0.05) is 18.7 Å². The van der Waals surface area contributed by atoms with Crippen LogP contribution >= 0.6 is 0 Å². The van der Waals surface area contributed by atoms with Crippen molar-refractivity contribution in [2.45, 2.75) is 25.3 Å². The molecule has 1 heterocycles. The molecule has 5 rings (SSSR count). The van der Waals surface area contributed by atoms with E-state index in [4.69, 9.17) is 9.84 Å². The van der Waals surface area contributed by atoms with Crippen LogP contribution in [0.15, 0.2) is 60.9 Å². The Morgan fingerprint density at radius 2 is 1.71 bits per heavy atom. The van der Waals surface area contributed by atoms with E-state index in [0.29, 0.717) is 18.2 Å². The number of carbonyl (C=O) groups excluding carboxylic acids is 2. The molecule has 2 aliphatic rings. The Kier molecular flexibility index (Phi) is 6.22. The molecule has 0 aliphatic heterocycles. The van der Waals surface area contributed by atoms with Gasteiger partial charge in [0.15, 0.2) is 0 Å². The number of aromatic nitrogens is 2. The normalized spacial score (nSPS) is 14.2. The van der Waals surface area contributed by atoms with Gasteiger partial charge in [0.25, 0.3) is 0 Å². The number of nitrogens with zero attached hydrogens (tertiary/aromatic N) is 3. The second-order valence-electron chi connectivity index (χ2n) is 8.99. The molecule has 1 fully saturated rings. The van der Waals surface area contributed by atoms with Gasteiger partial charge in [-0.3, -0.25) is 19.6 Å². The molecule has 3 aromatic rings. The number of hydrogen-bond donors (Lipinski definition) is 2. The molecular formula is C26H26N4O5. The molecule has 1 aromatic heterocycles. The Hall–Kier alpha value is -4.14. The molecule has 1 saturated carbocycles. The van der Waals surface area contributed by atoms with Crippen molar-refractivity contribution in [2.24, 2.45) is 5.92 Å². The van der Waals surface area contributed by atoms with Gasteiger partial charge in [-0.25, -0.2) is 4.79 Å². The van der Waals surface area contributed by atoms with Crippen molar-refractivity contribution < 1.29 is 24.2 Å². The third-order valence-electron chi connectivity index (χ3n) is 6.37. The Balaban J connectivity index is 1.17. The number of hydrogen-bond acceptors (Lipinski definition) is 5. The fourth-order valence-corrected chi connectivity index (χ4v) is 4.54. The maximum Gasteiger partial charge on any atom is 0.411 e. The molecule has 0 atom stereocenters. The number of benzene rings is 2. The average Bonchev–Trinajstić information content (AvgIpc) is 3.46. The molecule has 0 radical (unpaired) electrons. The lowest BCUT2D eigenvalue weighted by molar-refractivity contribution is -0.145. The molecular weight excluding hydrogens is 448 g/mol. The van der Waals surface area contributed by atoms with E-state index in [1.807, 2.05) is 24.3 Å². The fourth-order valence-electron chi connectivity index (χ4n) is 4.54. The monoisotopic (exact) mass is 474 g/mol. The van der Waals surface area contributed by atoms with Gasteiger partial charge < -0.3 is 14.7 Å². The Morgan fingerprint density at radius 1 is 1.06 bits per heavy atom. The zero-order valence-electron chi connectivity index (χ0n) is 19.1. The highest BCUT2D eigenvalue weighted by molar-refractivity contribution is 5.85. The molecule has 0 unspecified atom stereocenters. The fraction of sp³-hybridized carbons (Fsp3) is 0.308. The number of rotatable bonds is 9. The number of carboxylic acid groups (broad SMARTS) is 1. The van der Waals surface area contributed by atoms with E-state index in [9.17, 15) is 14.4 Å². The summed E-state index contributed by atoms with van der Waals surface area (Å²) >= 11 is 0. The zero-order chi connectivity index (χ0) is 24.4. The van der Waals surface area contributed by atoms with Crippen LogP contribution in [-0.2, 0) is 20.9 Å². The Labute approximate surface area is 202 Å². The van der Waals surface area contributed by atoms with Gasteiger partial charge in [-0.1, -0.05) is 48.5 Å². The summed E-state index contributed by atoms with van der Waals surface area (Å²) in [6.07, 6.45) is 4.37. The molecule has 0 bridgehead atoms. The van der Waals surface area contributed by atoms with Gasteiger partial charge in [0.1, 0.15) is 19.7 Å². The van der Waals surface area contributed by atoms with Crippen LogP contribution in [0.3, 0.4) is 0 Å². The third-order valence-corrected chi connectivity index (χ3v) is 6.37. The largest absolute Gasteiger partial charge is 0.480 e. The summed E-state index contributed by atoms with van der Waals surface area (Å²) in [6.45, 7) is 0.197. The minimum absolute atomic E-state index is 0.0415. The van der Waals surface area contributed by atoms with E-state index in [2.05, 4.69) is 34.7 Å². The summed E-state index contributed by atoms with van der Waals surface area (Å²) in [4.78, 5) is 37.5. The first-order valence-electron chi connectivity index (χ1n) is 11.6. The number of amides is 2. The third kappa shape index (κ3) is 5.18. The smallest absolute Gasteiger partial charge is 0.411 e. The predicted molar refractivity (Wildman–Crippen MR) is 128 cm³/mol. The van der Waals surface area contributed by atoms with Crippen molar-refractivity contribution in [1.29, 1.82) is 0 Å². The van der Waals surface area contributed by atoms with Gasteiger partial charge in [0.2, 0.25) is 5.91 Å². The van der Waals surface area contributed by atoms with E-state index in [1.165, 1.54) is 22.0 Å². The van der Waals surface area contributed by atoms with Gasteiger partial charge in [0.05, 0.1) is 11.9 Å². The van der Waals surface area contributed by atoms with Crippen LogP contribution in [0, 0.1) is 5.92 Å². The van der Waals surface area contributed by atoms with Gasteiger partial charge >= 0.3 is 12.1 Å². The number of ether oxygens (including phenoxy) is 1. The van der Waals surface area contributed by atoms with E-state index >= 15 is 0 Å². The first-order chi connectivity index (χ1) is 17.0. The van der Waals surface area contributed by atoms with Crippen LogP contribution < -0.4 is 5.32 Å². The minimum atomic E-state index is -1.04. The number of anilines is 1. The maximum atomic E-state index is 12.6. The summed E-state index contributed by atoms with van der Waals surface area (Å²) in [7, 11) is 0. The first kappa shape index (κ1) is 22.6. The molecule has 2 amide bonds. The summed E-state index contributed by atoms with van der Waals surface area (Å²) in [5, 5.41) is 15.9. The quantitative estimate of drug-likeness (QED) is 0.490. The van der Waals surface area contributed by atoms with Crippen LogP contribution in [-0.4, -0.2) is 57.5 Å². The van der Waals surface area contributed by atoms with Crippen LogP contribution in [0.5, 0.6) is 0 Å². The van der Waals surface area contributed by atoms with E-state index < -0.39 is 12.1 Å². The minimum Gasteiger partial charge on any atom is -0.480 e. The van der Waals surface area contributed by atoms with Crippen molar-refractivity contribution in [3.8, 4) is 11.1 Å². The van der Waals surface area contributed by atoms with Crippen LogP contribution in [0.1, 0.15) is 29.9 Å². The number of aliphatic carboxylic acids is 1. The molecule has 0 saturated heterocycles. The summed E-state index contributed by atoms with van der Waals surface area (Å²) in [6, 6.07) is 16.2. The lowest BCUT2D eigenvalue weighted by Crippen LogP contribution is -2.39. The highest BCUT2D eigenvalue weighted by atomic mass is 16.5. The summed E-state index contributed by atoms with van der Waals surface area (Å²) in [5.41, 5.74) is 4.96. The zero-order valence-corrected chi connectivity index (χ0v) is 19.1. The SMILES string of the molecule is O=C(O)CN(CC1CC1)C(=O)Cn1cc(NC(=O)OCC2c3ccccc3-c3ccccc32)cn1. The molecule has 0 spiro atoms. The molecule has 2 aliphatic carbocycles. The molecule has 9 heteroatoms. The van der Waals surface area contributed by atoms with Crippen molar-refractivity contribution in [2.75, 3.05) is 25.0 Å². The van der Waals surface area contributed by atoms with E-state index in [1.54, 1.807) is 0 Å². The average molecular weight is 475 g/mol. The number of carboxylic acids is 1. The van der Waals surface area contributed by atoms with Crippen molar-refractivity contribution >= 4 is 23.7 Å². The van der Waals surface area contributed by atoms with Crippen molar-refractivity contribution in [3.05, 3.63) is 72.1 Å². The van der Waals surface area contributed by atoms with Gasteiger partial charge in [-0.2, -0.15) is 5.10 Å². The Morgan fingerprint density at radius 3 is 2.34 bits per heavy atom. The first-order valence-corrected chi connectivity index (χ1v) is 11.6. The van der Waals surface area contributed by atoms with Crippen LogP contribution in [0.2, 0.25) is 0 Å². The van der Waals surface area contributed by atoms with Gasteiger partial charge in [-0.15, -0.1) is 0 Å². The highest BCUT2D eigenvalue weighted by Crippen LogP contribution is 2.44. The highest BCUT2D eigenvalue weighted by Gasteiger charge is 2.30. The molecule has 180 valence electrons. The van der Waals surface area contributed by atoms with Crippen molar-refractivity contribution in [3.63, 3.8) is 0 Å². The number of fused-ring (bicyclic) bond motifs is 3. The Bertz CT molecular complexity index is 1220. The van der Waals surface area contributed by atoms with E-state index in [-0.39, 0.29) is 31.5 Å². The van der Waals surface area contributed by atoms with Gasteiger partial charge in [-0.05, 0) is 41.0 Å². The summed E-state index contributed by atoms with van der Waals surface area (Å²) < 4.78 is 6.92. The summed E-state index contributed by atoms with van der Waals surface area (Å²) in [5.74, 6) is -1.03. The number of carbonyl (C=O) groups is 3. The second-order valence-corrected chi connectivity index (χ2v) is 8.99. The second kappa shape index (κ2) is 9.61. The van der Waals surface area contributed by atoms with Crippen LogP contribution in [0.4, 0.5) is 10.5 Å². The van der Waals surface area contributed by atoms with Crippen molar-refractivity contribution in [1.82, 2.24) is 14.7 Å². The number of nitrogens with one attached hydrogen (secondary N) is 1. The van der Waals surface area contributed by atoms with E-state index in [0.717, 1.165) is 35.1 Å².